The molecule has 1 fully saturated rings. The van der Waals surface area contributed by atoms with Crippen molar-refractivity contribution >= 4 is 21.5 Å². The summed E-state index contributed by atoms with van der Waals surface area (Å²) in [5, 5.41) is 2.70. The molecule has 1 aliphatic rings. The van der Waals surface area contributed by atoms with Crippen LogP contribution in [0.5, 0.6) is 0 Å². The molecule has 3 N–H and O–H groups in total. The highest BCUT2D eigenvalue weighted by Gasteiger charge is 2.39. The van der Waals surface area contributed by atoms with Crippen LogP contribution < -0.4 is 11.1 Å². The Balaban J connectivity index is 2.28. The Bertz CT molecular complexity index is 591. The number of hydrogen-bond donors (Lipinski definition) is 2. The molecule has 1 atom stereocenters. The van der Waals surface area contributed by atoms with E-state index in [2.05, 4.69) is 10.3 Å². The molecule has 18 heavy (non-hydrogen) atoms. The van der Waals surface area contributed by atoms with E-state index in [-0.39, 0.29) is 17.3 Å². The van der Waals surface area contributed by atoms with Gasteiger partial charge in [0.1, 0.15) is 0 Å². The van der Waals surface area contributed by atoms with Gasteiger partial charge in [0, 0.05) is 6.07 Å². The maximum absolute atomic E-state index is 13.5. The molecule has 8 heteroatoms. The molecule has 2 heterocycles. The third-order valence-electron chi connectivity index (χ3n) is 2.88. The third kappa shape index (κ3) is 2.53. The number of nitrogens with zero attached hydrogens (tertiary/aromatic N) is 1. The summed E-state index contributed by atoms with van der Waals surface area (Å²) in [6, 6.07) is 0.622. The Hall–Kier alpha value is -1.44. The molecule has 0 aliphatic carbocycles. The van der Waals surface area contributed by atoms with Crippen LogP contribution in [0, 0.1) is 11.6 Å². The Labute approximate surface area is 103 Å². The second kappa shape index (κ2) is 4.04. The van der Waals surface area contributed by atoms with E-state index in [9.17, 15) is 17.2 Å². The molecule has 1 saturated heterocycles. The van der Waals surface area contributed by atoms with Crippen molar-refractivity contribution in [1.29, 1.82) is 0 Å². The first kappa shape index (κ1) is 13.0. The summed E-state index contributed by atoms with van der Waals surface area (Å²) in [6.07, 6.45) is 0.341. The van der Waals surface area contributed by atoms with Gasteiger partial charge in [0.15, 0.2) is 33.1 Å². The molecule has 0 aromatic carbocycles. The first-order valence-corrected chi connectivity index (χ1v) is 7.13. The second-order valence-corrected chi connectivity index (χ2v) is 6.90. The average Bonchev–Trinajstić information content (AvgIpc) is 2.50. The molecule has 0 bridgehead atoms. The largest absolute Gasteiger partial charge is 0.381 e. The van der Waals surface area contributed by atoms with E-state index in [4.69, 9.17) is 5.73 Å². The molecule has 2 rings (SSSR count). The Morgan fingerprint density at radius 1 is 1.44 bits per heavy atom. The topological polar surface area (TPSA) is 85.1 Å². The number of rotatable bonds is 2. The maximum atomic E-state index is 13.5. The molecular weight excluding hydrogens is 264 g/mol. The quantitative estimate of drug-likeness (QED) is 0.840. The predicted molar refractivity (Wildman–Crippen MR) is 63.9 cm³/mol. The number of hydrogen-bond acceptors (Lipinski definition) is 5. The molecule has 0 amide bonds. The Morgan fingerprint density at radius 2 is 2.11 bits per heavy atom. The van der Waals surface area contributed by atoms with Crippen LogP contribution >= 0.6 is 0 Å². The van der Waals surface area contributed by atoms with Crippen molar-refractivity contribution in [2.45, 2.75) is 18.9 Å². The van der Waals surface area contributed by atoms with E-state index in [1.807, 2.05) is 0 Å². The summed E-state index contributed by atoms with van der Waals surface area (Å²) >= 11 is 0. The van der Waals surface area contributed by atoms with Crippen molar-refractivity contribution in [1.82, 2.24) is 4.98 Å². The lowest BCUT2D eigenvalue weighted by Crippen LogP contribution is -2.36. The molecule has 1 aromatic rings. The highest BCUT2D eigenvalue weighted by Crippen LogP contribution is 2.28. The zero-order valence-electron chi connectivity index (χ0n) is 9.70. The standard InChI is InChI=1S/C10H13F2N3O2S/c1-10(2-3-18(16,17)5-10)15-9-7(12)4-6(11)8(13)14-9/h4H,2-3,5H2,1H3,(H3,13,14,15). The zero-order chi connectivity index (χ0) is 13.6. The summed E-state index contributed by atoms with van der Waals surface area (Å²) in [5.74, 6) is -2.57. The number of nitrogens with one attached hydrogen (secondary N) is 1. The number of anilines is 2. The summed E-state index contributed by atoms with van der Waals surface area (Å²) in [4.78, 5) is 3.55. The molecule has 1 aromatic heterocycles. The number of nitrogens with two attached hydrogens (primary N) is 1. The third-order valence-corrected chi connectivity index (χ3v) is 4.78. The number of nitrogen functional groups attached to an aromatic ring is 1. The van der Waals surface area contributed by atoms with Gasteiger partial charge in [-0.25, -0.2) is 22.2 Å². The first-order valence-electron chi connectivity index (χ1n) is 5.31. The molecule has 0 saturated carbocycles. The van der Waals surface area contributed by atoms with Gasteiger partial charge in [0.05, 0.1) is 17.0 Å². The SMILES string of the molecule is CC1(Nc2nc(N)c(F)cc2F)CCS(=O)(=O)C1. The van der Waals surface area contributed by atoms with E-state index in [0.29, 0.717) is 12.5 Å². The minimum atomic E-state index is -3.12. The van der Waals surface area contributed by atoms with Crippen LogP contribution in [0.15, 0.2) is 6.07 Å². The fraction of sp³-hybridized carbons (Fsp3) is 0.500. The van der Waals surface area contributed by atoms with Crippen LogP contribution in [0.1, 0.15) is 13.3 Å². The highest BCUT2D eigenvalue weighted by molar-refractivity contribution is 7.91. The van der Waals surface area contributed by atoms with Crippen LogP contribution in [-0.4, -0.2) is 30.4 Å². The van der Waals surface area contributed by atoms with Crippen molar-refractivity contribution in [3.8, 4) is 0 Å². The van der Waals surface area contributed by atoms with Gasteiger partial charge in [-0.1, -0.05) is 0 Å². The van der Waals surface area contributed by atoms with Gasteiger partial charge >= 0.3 is 0 Å². The Kier molecular flexibility index (Phi) is 2.92. The molecule has 1 unspecified atom stereocenters. The zero-order valence-corrected chi connectivity index (χ0v) is 10.5. The van der Waals surface area contributed by atoms with Crippen molar-refractivity contribution in [3.63, 3.8) is 0 Å². The number of sulfone groups is 1. The monoisotopic (exact) mass is 277 g/mol. The summed E-state index contributed by atoms with van der Waals surface area (Å²) < 4.78 is 49.2. The van der Waals surface area contributed by atoms with E-state index in [0.717, 1.165) is 0 Å². The lowest BCUT2D eigenvalue weighted by Gasteiger charge is -2.24. The fourth-order valence-corrected chi connectivity index (χ4v) is 4.06. The molecule has 0 spiro atoms. The van der Waals surface area contributed by atoms with Crippen LogP contribution in [-0.2, 0) is 9.84 Å². The van der Waals surface area contributed by atoms with Crippen molar-refractivity contribution in [2.75, 3.05) is 22.6 Å². The van der Waals surface area contributed by atoms with E-state index in [1.54, 1.807) is 6.92 Å². The van der Waals surface area contributed by atoms with Gasteiger partial charge in [-0.2, -0.15) is 0 Å². The minimum absolute atomic E-state index is 0.0365. The Morgan fingerprint density at radius 3 is 2.67 bits per heavy atom. The molecule has 5 nitrogen and oxygen atoms in total. The van der Waals surface area contributed by atoms with Crippen LogP contribution in [0.25, 0.3) is 0 Å². The minimum Gasteiger partial charge on any atom is -0.381 e. The van der Waals surface area contributed by atoms with Crippen LogP contribution in [0.4, 0.5) is 20.4 Å². The summed E-state index contributed by atoms with van der Waals surface area (Å²) in [6.45, 7) is 1.65. The predicted octanol–water partition coefficient (Wildman–Crippen LogP) is 0.931. The normalized spacial score (nSPS) is 26.2. The molecule has 0 radical (unpaired) electrons. The van der Waals surface area contributed by atoms with E-state index >= 15 is 0 Å². The van der Waals surface area contributed by atoms with Gasteiger partial charge < -0.3 is 11.1 Å². The summed E-state index contributed by atoms with van der Waals surface area (Å²) in [5.41, 5.74) is 4.44. The fourth-order valence-electron chi connectivity index (χ4n) is 1.96. The number of pyridine rings is 1. The van der Waals surface area contributed by atoms with Crippen LogP contribution in [0.3, 0.4) is 0 Å². The van der Waals surface area contributed by atoms with Crippen molar-refractivity contribution in [3.05, 3.63) is 17.7 Å². The lowest BCUT2D eigenvalue weighted by atomic mass is 10.0. The van der Waals surface area contributed by atoms with E-state index < -0.39 is 32.8 Å². The van der Waals surface area contributed by atoms with Gasteiger partial charge in [0.25, 0.3) is 0 Å². The molecular formula is C10H13F2N3O2S. The highest BCUT2D eigenvalue weighted by atomic mass is 32.2. The van der Waals surface area contributed by atoms with Crippen LogP contribution in [0.2, 0.25) is 0 Å². The van der Waals surface area contributed by atoms with Crippen molar-refractivity contribution in [2.24, 2.45) is 0 Å². The van der Waals surface area contributed by atoms with E-state index in [1.165, 1.54) is 0 Å². The van der Waals surface area contributed by atoms with Gasteiger partial charge in [-0.05, 0) is 13.3 Å². The average molecular weight is 277 g/mol. The van der Waals surface area contributed by atoms with Gasteiger partial charge in [-0.15, -0.1) is 0 Å². The first-order chi connectivity index (χ1) is 8.21. The number of aromatic nitrogens is 1. The van der Waals surface area contributed by atoms with Gasteiger partial charge in [0.2, 0.25) is 0 Å². The lowest BCUT2D eigenvalue weighted by molar-refractivity contribution is 0.547. The smallest absolute Gasteiger partial charge is 0.168 e. The molecule has 1 aliphatic heterocycles. The molecule has 100 valence electrons. The summed E-state index contributed by atoms with van der Waals surface area (Å²) in [7, 11) is -3.12. The van der Waals surface area contributed by atoms with Gasteiger partial charge in [-0.3, -0.25) is 0 Å². The number of halogens is 2. The maximum Gasteiger partial charge on any atom is 0.168 e. The van der Waals surface area contributed by atoms with Crippen molar-refractivity contribution < 1.29 is 17.2 Å². The second-order valence-electron chi connectivity index (χ2n) is 4.71.